The summed E-state index contributed by atoms with van der Waals surface area (Å²) in [5.74, 6) is -0.775. The number of carbonyl (C=O) groups excluding carboxylic acids is 3. The summed E-state index contributed by atoms with van der Waals surface area (Å²) in [4.78, 5) is 39.0. The monoisotopic (exact) mass is 360 g/mol. The predicted molar refractivity (Wildman–Crippen MR) is 99.5 cm³/mol. The summed E-state index contributed by atoms with van der Waals surface area (Å²) in [5.41, 5.74) is -0.716. The van der Waals surface area contributed by atoms with Crippen molar-refractivity contribution < 1.29 is 23.6 Å². The van der Waals surface area contributed by atoms with Crippen molar-refractivity contribution in [3.8, 4) is 5.75 Å². The third-order valence-corrected chi connectivity index (χ3v) is 5.58. The van der Waals surface area contributed by atoms with E-state index in [-0.39, 0.29) is 10.3 Å². The molecule has 1 saturated heterocycles. The van der Waals surface area contributed by atoms with E-state index in [1.807, 2.05) is 19.9 Å². The number of rotatable bonds is 7. The van der Waals surface area contributed by atoms with Crippen LogP contribution in [0.5, 0.6) is 5.75 Å². The Morgan fingerprint density at radius 3 is 2.38 bits per heavy atom. The van der Waals surface area contributed by atoms with Gasteiger partial charge in [-0.1, -0.05) is 45.9 Å². The van der Waals surface area contributed by atoms with Crippen molar-refractivity contribution in [3.05, 3.63) is 30.3 Å². The zero-order valence-electron chi connectivity index (χ0n) is 16.3. The van der Waals surface area contributed by atoms with Crippen molar-refractivity contribution in [1.29, 1.82) is 0 Å². The molecule has 0 aliphatic carbocycles. The van der Waals surface area contributed by atoms with Crippen LogP contribution in [0.3, 0.4) is 0 Å². The Morgan fingerprint density at radius 1 is 1.15 bits per heavy atom. The van der Waals surface area contributed by atoms with Crippen molar-refractivity contribution in [2.24, 2.45) is 5.41 Å². The first kappa shape index (κ1) is 20.3. The molecule has 26 heavy (non-hydrogen) atoms. The topological polar surface area (TPSA) is 60.4 Å². The van der Waals surface area contributed by atoms with Crippen LogP contribution >= 0.6 is 0 Å². The summed E-state index contributed by atoms with van der Waals surface area (Å²) >= 11 is 0. The second kappa shape index (κ2) is 8.12. The van der Waals surface area contributed by atoms with Crippen molar-refractivity contribution in [3.63, 3.8) is 0 Å². The third-order valence-electron chi connectivity index (χ3n) is 5.58. The van der Waals surface area contributed by atoms with Gasteiger partial charge in [0.25, 0.3) is 5.78 Å². The average Bonchev–Trinajstić information content (AvgIpc) is 3.06. The van der Waals surface area contributed by atoms with Gasteiger partial charge >= 0.3 is 11.9 Å². The Kier molecular flexibility index (Phi) is 6.34. The van der Waals surface area contributed by atoms with Gasteiger partial charge in [-0.05, 0) is 25.0 Å². The average molecular weight is 360 g/mol. The Balaban J connectivity index is 2.31. The first-order valence-electron chi connectivity index (χ1n) is 9.51. The van der Waals surface area contributed by atoms with Crippen LogP contribution in [0.4, 0.5) is 0 Å². The normalized spacial score (nSPS) is 22.8. The van der Waals surface area contributed by atoms with Gasteiger partial charge in [-0.2, -0.15) is 0 Å². The number of benzene rings is 1. The number of ether oxygens (including phenoxy) is 1. The van der Waals surface area contributed by atoms with Gasteiger partial charge in [0.05, 0.1) is 13.1 Å². The highest BCUT2D eigenvalue weighted by molar-refractivity contribution is 6.35. The summed E-state index contributed by atoms with van der Waals surface area (Å²) in [6.45, 7) is 8.47. The van der Waals surface area contributed by atoms with Gasteiger partial charge in [-0.25, -0.2) is 14.1 Å². The standard InChI is InChI=1S/C21H30NO4/c1-5-14-22(19(24)18(23)21(3,4)6-2)15-10-13-17(22)20(25)26-16-11-8-7-9-12-16/h7-9,11-12,17H,5-6,10,13-15H2,1-4H3/q+1/t17-,22?/m0/s1. The number of likely N-dealkylation sites (tertiary alicyclic amines) is 1. The van der Waals surface area contributed by atoms with Gasteiger partial charge < -0.3 is 4.74 Å². The van der Waals surface area contributed by atoms with Gasteiger partial charge in [0.1, 0.15) is 5.75 Å². The molecule has 1 aliphatic rings. The number of quaternary nitrogens is 1. The molecule has 1 aromatic carbocycles. The maximum absolute atomic E-state index is 13.2. The van der Waals surface area contributed by atoms with Gasteiger partial charge in [0.2, 0.25) is 0 Å². The van der Waals surface area contributed by atoms with E-state index in [0.717, 1.165) is 12.8 Å². The first-order valence-corrected chi connectivity index (χ1v) is 9.51. The fourth-order valence-corrected chi connectivity index (χ4v) is 3.63. The molecule has 1 aromatic rings. The minimum absolute atomic E-state index is 0.0928. The van der Waals surface area contributed by atoms with Crippen LogP contribution in [-0.4, -0.2) is 41.3 Å². The molecule has 5 nitrogen and oxygen atoms in total. The Bertz CT molecular complexity index is 668. The van der Waals surface area contributed by atoms with Crippen LogP contribution in [0.15, 0.2) is 30.3 Å². The van der Waals surface area contributed by atoms with Crippen LogP contribution in [-0.2, 0) is 14.4 Å². The number of ketones is 1. The number of hydrogen-bond acceptors (Lipinski definition) is 4. The van der Waals surface area contributed by atoms with Crippen molar-refractivity contribution >= 4 is 17.7 Å². The van der Waals surface area contributed by atoms with E-state index in [1.165, 1.54) is 0 Å². The molecule has 2 atom stereocenters. The highest BCUT2D eigenvalue weighted by Crippen LogP contribution is 2.33. The van der Waals surface area contributed by atoms with Crippen LogP contribution in [0.1, 0.15) is 53.4 Å². The van der Waals surface area contributed by atoms with Gasteiger partial charge in [-0.15, -0.1) is 0 Å². The van der Waals surface area contributed by atoms with Gasteiger partial charge in [0, 0.05) is 18.3 Å². The van der Waals surface area contributed by atoms with Crippen LogP contribution < -0.4 is 4.74 Å². The lowest BCUT2D eigenvalue weighted by atomic mass is 9.84. The van der Waals surface area contributed by atoms with Crippen LogP contribution in [0.2, 0.25) is 0 Å². The molecular formula is C21H30NO4+. The van der Waals surface area contributed by atoms with E-state index in [4.69, 9.17) is 4.74 Å². The minimum Gasteiger partial charge on any atom is -0.422 e. The minimum atomic E-state index is -0.716. The van der Waals surface area contributed by atoms with Crippen LogP contribution in [0.25, 0.3) is 0 Å². The number of Topliss-reactive ketones (excluding diaryl/α,β-unsaturated/α-hetero) is 1. The molecule has 1 fully saturated rings. The maximum Gasteiger partial charge on any atom is 0.383 e. The van der Waals surface area contributed by atoms with E-state index in [9.17, 15) is 14.4 Å². The molecule has 2 rings (SSSR count). The molecule has 142 valence electrons. The summed E-state index contributed by atoms with van der Waals surface area (Å²) in [7, 11) is 0. The molecule has 0 N–H and O–H groups in total. The Morgan fingerprint density at radius 2 is 1.81 bits per heavy atom. The Labute approximate surface area is 155 Å². The molecule has 0 aromatic heterocycles. The van der Waals surface area contributed by atoms with Gasteiger partial charge in [-0.3, -0.25) is 4.79 Å². The van der Waals surface area contributed by atoms with E-state index in [1.54, 1.807) is 38.1 Å². The molecule has 5 heteroatoms. The summed E-state index contributed by atoms with van der Waals surface area (Å²) in [6.07, 6.45) is 2.61. The van der Waals surface area contributed by atoms with Crippen molar-refractivity contribution in [2.75, 3.05) is 13.1 Å². The van der Waals surface area contributed by atoms with E-state index < -0.39 is 23.3 Å². The highest BCUT2D eigenvalue weighted by atomic mass is 16.5. The Hall–Kier alpha value is -2.01. The summed E-state index contributed by atoms with van der Waals surface area (Å²) in [6, 6.07) is 8.26. The molecule has 1 unspecified atom stereocenters. The number of carbonyl (C=O) groups is 3. The molecular weight excluding hydrogens is 330 g/mol. The molecule has 0 saturated carbocycles. The molecule has 0 spiro atoms. The lowest BCUT2D eigenvalue weighted by Crippen LogP contribution is -2.63. The lowest BCUT2D eigenvalue weighted by molar-refractivity contribution is -0.855. The van der Waals surface area contributed by atoms with E-state index >= 15 is 0 Å². The van der Waals surface area contributed by atoms with Gasteiger partial charge in [0.15, 0.2) is 6.04 Å². The zero-order chi connectivity index (χ0) is 19.4. The molecule has 1 aliphatic heterocycles. The zero-order valence-corrected chi connectivity index (χ0v) is 16.3. The maximum atomic E-state index is 13.2. The highest BCUT2D eigenvalue weighted by Gasteiger charge is 2.56. The number of esters is 1. The van der Waals surface area contributed by atoms with Crippen LogP contribution in [0, 0.1) is 5.41 Å². The number of hydrogen-bond donors (Lipinski definition) is 0. The molecule has 1 heterocycles. The number of nitrogens with zero attached hydrogens (tertiary/aromatic N) is 1. The second-order valence-corrected chi connectivity index (χ2v) is 7.75. The van der Waals surface area contributed by atoms with E-state index in [0.29, 0.717) is 31.7 Å². The fourth-order valence-electron chi connectivity index (χ4n) is 3.63. The second-order valence-electron chi connectivity index (χ2n) is 7.75. The fraction of sp³-hybridized carbons (Fsp3) is 0.571. The predicted octanol–water partition coefficient (Wildman–Crippen LogP) is 3.51. The lowest BCUT2D eigenvalue weighted by Gasteiger charge is -2.37. The smallest absolute Gasteiger partial charge is 0.383 e. The van der Waals surface area contributed by atoms with E-state index in [2.05, 4.69) is 0 Å². The number of amides is 1. The molecule has 0 radical (unpaired) electrons. The third kappa shape index (κ3) is 3.88. The molecule has 0 bridgehead atoms. The van der Waals surface area contributed by atoms with Crippen molar-refractivity contribution in [2.45, 2.75) is 59.4 Å². The first-order chi connectivity index (χ1) is 12.3. The quantitative estimate of drug-likeness (QED) is 0.323. The SMILES string of the molecule is CCC[N+]1(C(=O)C(=O)C(C)(C)CC)CCC[C@H]1C(=O)Oc1ccccc1. The summed E-state index contributed by atoms with van der Waals surface area (Å²) < 4.78 is 5.43. The number of para-hydroxylation sites is 1. The summed E-state index contributed by atoms with van der Waals surface area (Å²) in [5, 5.41) is 0. The molecule has 1 amide bonds. The largest absolute Gasteiger partial charge is 0.422 e. The van der Waals surface area contributed by atoms with Crippen molar-refractivity contribution in [1.82, 2.24) is 0 Å².